The monoisotopic (exact) mass is 349 g/mol. The van der Waals surface area contributed by atoms with E-state index in [0.29, 0.717) is 36.3 Å². The minimum atomic E-state index is -3.44. The molecule has 0 N–H and O–H groups in total. The Balaban J connectivity index is 1.69. The van der Waals surface area contributed by atoms with E-state index in [9.17, 15) is 8.42 Å². The summed E-state index contributed by atoms with van der Waals surface area (Å²) in [6, 6.07) is 6.65. The Kier molecular flexibility index (Phi) is 4.91. The van der Waals surface area contributed by atoms with Crippen LogP contribution in [0.5, 0.6) is 5.75 Å². The molecule has 0 aliphatic carbocycles. The lowest BCUT2D eigenvalue weighted by Crippen LogP contribution is -2.38. The molecule has 0 spiro atoms. The lowest BCUT2D eigenvalue weighted by Gasteiger charge is -2.31. The maximum Gasteiger partial charge on any atom is 0.243 e. The summed E-state index contributed by atoms with van der Waals surface area (Å²) in [7, 11) is -1.46. The topological polar surface area (TPSA) is 64.4 Å². The van der Waals surface area contributed by atoms with Gasteiger partial charge in [-0.05, 0) is 44.0 Å². The van der Waals surface area contributed by atoms with Crippen molar-refractivity contribution in [3.63, 3.8) is 0 Å². The van der Waals surface area contributed by atoms with Gasteiger partial charge in [0, 0.05) is 37.9 Å². The number of hydrogen-bond acceptors (Lipinski definition) is 4. The fraction of sp³-hybridized carbons (Fsp3) is 0.471. The second-order valence-electron chi connectivity index (χ2n) is 6.01. The van der Waals surface area contributed by atoms with Gasteiger partial charge in [-0.1, -0.05) is 0 Å². The van der Waals surface area contributed by atoms with E-state index in [1.807, 2.05) is 24.7 Å². The van der Waals surface area contributed by atoms with Crippen molar-refractivity contribution in [3.8, 4) is 5.75 Å². The zero-order valence-corrected chi connectivity index (χ0v) is 14.9. The van der Waals surface area contributed by atoms with Crippen LogP contribution in [0.1, 0.15) is 31.4 Å². The molecular weight excluding hydrogens is 326 g/mol. The molecule has 24 heavy (non-hydrogen) atoms. The first kappa shape index (κ1) is 17.0. The fourth-order valence-electron chi connectivity index (χ4n) is 3.18. The SMILES string of the molecule is CCOc1ccc(S(=O)(=O)N2CCC(c3cncn3C)CC2)cc1. The number of ether oxygens (including phenoxy) is 1. The molecule has 1 aliphatic heterocycles. The highest BCUT2D eigenvalue weighted by Crippen LogP contribution is 2.30. The predicted octanol–water partition coefficient (Wildman–Crippen LogP) is 2.39. The highest BCUT2D eigenvalue weighted by Gasteiger charge is 2.30. The van der Waals surface area contributed by atoms with Gasteiger partial charge in [0.25, 0.3) is 0 Å². The summed E-state index contributed by atoms with van der Waals surface area (Å²) in [5.74, 6) is 1.05. The van der Waals surface area contributed by atoms with Gasteiger partial charge in [0.15, 0.2) is 0 Å². The summed E-state index contributed by atoms with van der Waals surface area (Å²) >= 11 is 0. The van der Waals surface area contributed by atoms with E-state index in [0.717, 1.165) is 12.8 Å². The lowest BCUT2D eigenvalue weighted by atomic mass is 9.95. The van der Waals surface area contributed by atoms with E-state index in [1.165, 1.54) is 5.69 Å². The Bertz CT molecular complexity index is 776. The van der Waals surface area contributed by atoms with E-state index in [2.05, 4.69) is 4.98 Å². The number of piperidine rings is 1. The Morgan fingerprint density at radius 3 is 2.42 bits per heavy atom. The quantitative estimate of drug-likeness (QED) is 0.831. The third-order valence-electron chi connectivity index (χ3n) is 4.50. The van der Waals surface area contributed by atoms with Crippen LogP contribution in [-0.4, -0.2) is 42.0 Å². The summed E-state index contributed by atoms with van der Waals surface area (Å²) in [5.41, 5.74) is 1.17. The fourth-order valence-corrected chi connectivity index (χ4v) is 4.65. The average Bonchev–Trinajstić information content (AvgIpc) is 3.02. The normalized spacial score (nSPS) is 17.1. The molecule has 1 aliphatic rings. The number of aryl methyl sites for hydroxylation is 1. The highest BCUT2D eigenvalue weighted by molar-refractivity contribution is 7.89. The molecule has 1 aromatic heterocycles. The van der Waals surface area contributed by atoms with E-state index >= 15 is 0 Å². The van der Waals surface area contributed by atoms with Crippen LogP contribution in [0.15, 0.2) is 41.7 Å². The average molecular weight is 349 g/mol. The van der Waals surface area contributed by atoms with E-state index < -0.39 is 10.0 Å². The van der Waals surface area contributed by atoms with Crippen LogP contribution in [0, 0.1) is 0 Å². The number of sulfonamides is 1. The van der Waals surface area contributed by atoms with Gasteiger partial charge < -0.3 is 9.30 Å². The van der Waals surface area contributed by atoms with Crippen molar-refractivity contribution in [1.29, 1.82) is 0 Å². The van der Waals surface area contributed by atoms with Crippen LogP contribution in [0.2, 0.25) is 0 Å². The third-order valence-corrected chi connectivity index (χ3v) is 6.41. The largest absolute Gasteiger partial charge is 0.494 e. The first-order chi connectivity index (χ1) is 11.5. The Hall–Kier alpha value is -1.86. The summed E-state index contributed by atoms with van der Waals surface area (Å²) < 4.78 is 34.5. The molecule has 7 heteroatoms. The van der Waals surface area contributed by atoms with Gasteiger partial charge in [0.1, 0.15) is 5.75 Å². The number of benzene rings is 1. The van der Waals surface area contributed by atoms with Crippen LogP contribution >= 0.6 is 0 Å². The summed E-state index contributed by atoms with van der Waals surface area (Å²) in [6.45, 7) is 3.53. The predicted molar refractivity (Wildman–Crippen MR) is 91.6 cm³/mol. The number of hydrogen-bond donors (Lipinski definition) is 0. The Morgan fingerprint density at radius 2 is 1.88 bits per heavy atom. The van der Waals surface area contributed by atoms with Crippen LogP contribution in [-0.2, 0) is 17.1 Å². The molecule has 130 valence electrons. The second-order valence-corrected chi connectivity index (χ2v) is 7.95. The molecule has 0 radical (unpaired) electrons. The van der Waals surface area contributed by atoms with Gasteiger partial charge in [0.2, 0.25) is 10.0 Å². The van der Waals surface area contributed by atoms with Gasteiger partial charge in [-0.3, -0.25) is 0 Å². The van der Waals surface area contributed by atoms with Crippen molar-refractivity contribution in [2.45, 2.75) is 30.6 Å². The van der Waals surface area contributed by atoms with E-state index in [-0.39, 0.29) is 0 Å². The molecule has 3 rings (SSSR count). The van der Waals surface area contributed by atoms with E-state index in [4.69, 9.17) is 4.74 Å². The van der Waals surface area contributed by atoms with E-state index in [1.54, 1.807) is 34.9 Å². The first-order valence-corrected chi connectivity index (χ1v) is 9.65. The molecule has 2 aromatic rings. The Labute approximate surface area is 143 Å². The number of rotatable bonds is 5. The molecule has 0 amide bonds. The van der Waals surface area contributed by atoms with Gasteiger partial charge >= 0.3 is 0 Å². The molecular formula is C17H23N3O3S. The lowest BCUT2D eigenvalue weighted by molar-refractivity contribution is 0.314. The third kappa shape index (κ3) is 3.32. The minimum Gasteiger partial charge on any atom is -0.494 e. The number of nitrogens with zero attached hydrogens (tertiary/aromatic N) is 3. The molecule has 0 atom stereocenters. The molecule has 1 aromatic carbocycles. The first-order valence-electron chi connectivity index (χ1n) is 8.21. The van der Waals surface area contributed by atoms with Crippen LogP contribution < -0.4 is 4.74 Å². The zero-order valence-electron chi connectivity index (χ0n) is 14.1. The highest BCUT2D eigenvalue weighted by atomic mass is 32.2. The molecule has 6 nitrogen and oxygen atoms in total. The second kappa shape index (κ2) is 6.94. The minimum absolute atomic E-state index is 0.324. The van der Waals surface area contributed by atoms with Gasteiger partial charge in [0.05, 0.1) is 17.8 Å². The van der Waals surface area contributed by atoms with Crippen LogP contribution in [0.25, 0.3) is 0 Å². The summed E-state index contributed by atoms with van der Waals surface area (Å²) in [4.78, 5) is 4.48. The molecule has 0 bridgehead atoms. The van der Waals surface area contributed by atoms with Crippen molar-refractivity contribution >= 4 is 10.0 Å². The van der Waals surface area contributed by atoms with Crippen molar-refractivity contribution in [3.05, 3.63) is 42.5 Å². The standard InChI is InChI=1S/C17H23N3O3S/c1-3-23-15-4-6-16(7-5-15)24(21,22)20-10-8-14(9-11-20)17-12-18-13-19(17)2/h4-7,12-14H,3,8-11H2,1-2H3. The van der Waals surface area contributed by atoms with Gasteiger partial charge in [-0.25, -0.2) is 13.4 Å². The molecule has 1 fully saturated rings. The van der Waals surface area contributed by atoms with Crippen LogP contribution in [0.4, 0.5) is 0 Å². The smallest absolute Gasteiger partial charge is 0.243 e. The number of imidazole rings is 1. The summed E-state index contributed by atoms with van der Waals surface area (Å²) in [6.07, 6.45) is 5.30. The van der Waals surface area contributed by atoms with Crippen molar-refractivity contribution in [2.24, 2.45) is 7.05 Å². The number of aromatic nitrogens is 2. The van der Waals surface area contributed by atoms with Crippen molar-refractivity contribution < 1.29 is 13.2 Å². The molecule has 0 unspecified atom stereocenters. The molecule has 0 saturated carbocycles. The zero-order chi connectivity index (χ0) is 17.2. The van der Waals surface area contributed by atoms with Gasteiger partial charge in [-0.2, -0.15) is 4.31 Å². The van der Waals surface area contributed by atoms with Crippen molar-refractivity contribution in [1.82, 2.24) is 13.9 Å². The maximum absolute atomic E-state index is 12.8. The van der Waals surface area contributed by atoms with Crippen molar-refractivity contribution in [2.75, 3.05) is 19.7 Å². The molecule has 1 saturated heterocycles. The van der Waals surface area contributed by atoms with Crippen LogP contribution in [0.3, 0.4) is 0 Å². The van der Waals surface area contributed by atoms with Gasteiger partial charge in [-0.15, -0.1) is 0 Å². The maximum atomic E-state index is 12.8. The Morgan fingerprint density at radius 1 is 1.21 bits per heavy atom. The molecule has 2 heterocycles. The summed E-state index contributed by atoms with van der Waals surface area (Å²) in [5, 5.41) is 0.